The van der Waals surface area contributed by atoms with Crippen LogP contribution in [0.25, 0.3) is 16.9 Å². The van der Waals surface area contributed by atoms with E-state index in [0.29, 0.717) is 64.6 Å². The van der Waals surface area contributed by atoms with Crippen molar-refractivity contribution in [1.29, 1.82) is 0 Å². The van der Waals surface area contributed by atoms with Gasteiger partial charge in [0, 0.05) is 11.1 Å². The molecule has 0 aliphatic heterocycles. The highest BCUT2D eigenvalue weighted by Gasteiger charge is 2.27. The Labute approximate surface area is 255 Å². The molecule has 5 rings (SSSR count). The third-order valence-corrected chi connectivity index (χ3v) is 6.53. The van der Waals surface area contributed by atoms with Crippen LogP contribution in [0.2, 0.25) is 0 Å². The Morgan fingerprint density at radius 3 is 2.00 bits per heavy atom. The van der Waals surface area contributed by atoms with Crippen LogP contribution < -0.4 is 19.5 Å². The van der Waals surface area contributed by atoms with Gasteiger partial charge in [-0.3, -0.25) is 4.79 Å². The fourth-order valence-corrected chi connectivity index (χ4v) is 4.45. The van der Waals surface area contributed by atoms with Crippen LogP contribution in [0.4, 0.5) is 5.69 Å². The number of nitrogens with zero attached hydrogens (tertiary/aromatic N) is 2. The lowest BCUT2D eigenvalue weighted by molar-refractivity contribution is 0.0691. The number of amides is 1. The number of hydrogen-bond acceptors (Lipinski definition) is 6. The normalized spacial score (nSPS) is 10.8. The van der Waals surface area contributed by atoms with E-state index < -0.39 is 11.9 Å². The number of anilines is 1. The quantitative estimate of drug-likeness (QED) is 0.153. The highest BCUT2D eigenvalue weighted by Crippen LogP contribution is 2.36. The second-order valence-corrected chi connectivity index (χ2v) is 10.3. The Balaban J connectivity index is 1.53. The van der Waals surface area contributed by atoms with Crippen molar-refractivity contribution in [3.63, 3.8) is 0 Å². The van der Waals surface area contributed by atoms with Crippen molar-refractivity contribution in [2.24, 2.45) is 5.92 Å². The number of aromatic carboxylic acids is 1. The smallest absolute Gasteiger partial charge is 0.358 e. The van der Waals surface area contributed by atoms with Crippen molar-refractivity contribution in [3.8, 4) is 39.9 Å². The first-order valence-corrected chi connectivity index (χ1v) is 14.3. The monoisotopic (exact) mass is 591 g/mol. The van der Waals surface area contributed by atoms with Gasteiger partial charge in [-0.2, -0.15) is 5.10 Å². The first-order chi connectivity index (χ1) is 21.3. The molecule has 0 atom stereocenters. The van der Waals surface area contributed by atoms with Crippen LogP contribution in [0, 0.1) is 5.92 Å². The zero-order chi connectivity index (χ0) is 31.1. The highest BCUT2D eigenvalue weighted by atomic mass is 16.5. The fourth-order valence-electron chi connectivity index (χ4n) is 4.45. The van der Waals surface area contributed by atoms with E-state index in [4.69, 9.17) is 14.2 Å². The second-order valence-electron chi connectivity index (χ2n) is 10.3. The molecule has 2 N–H and O–H groups in total. The number of carbonyl (C=O) groups excluding carboxylic acids is 1. The third-order valence-electron chi connectivity index (χ3n) is 6.53. The van der Waals surface area contributed by atoms with Crippen molar-refractivity contribution in [2.75, 3.05) is 18.5 Å². The van der Waals surface area contributed by atoms with Crippen molar-refractivity contribution in [3.05, 3.63) is 114 Å². The molecule has 224 valence electrons. The van der Waals surface area contributed by atoms with Crippen molar-refractivity contribution in [2.45, 2.75) is 20.8 Å². The lowest BCUT2D eigenvalue weighted by Gasteiger charge is -2.13. The number of ether oxygens (including phenoxy) is 3. The Bertz CT molecular complexity index is 1710. The Morgan fingerprint density at radius 1 is 0.795 bits per heavy atom. The predicted octanol–water partition coefficient (Wildman–Crippen LogP) is 7.72. The van der Waals surface area contributed by atoms with Crippen molar-refractivity contribution in [1.82, 2.24) is 9.78 Å². The molecule has 1 heterocycles. The molecule has 4 aromatic carbocycles. The summed E-state index contributed by atoms with van der Waals surface area (Å²) in [5.74, 6) is 1.18. The molecule has 0 aliphatic rings. The molecule has 9 nitrogen and oxygen atoms in total. The maximum absolute atomic E-state index is 13.4. The molecule has 0 bridgehead atoms. The van der Waals surface area contributed by atoms with Crippen LogP contribution in [0.3, 0.4) is 0 Å². The van der Waals surface area contributed by atoms with Crippen LogP contribution in [-0.4, -0.2) is 40.0 Å². The highest BCUT2D eigenvalue weighted by molar-refractivity contribution is 6.10. The lowest BCUT2D eigenvalue weighted by Crippen LogP contribution is -2.15. The van der Waals surface area contributed by atoms with Crippen LogP contribution in [-0.2, 0) is 0 Å². The molecular weight excluding hydrogens is 558 g/mol. The maximum atomic E-state index is 13.4. The number of aromatic nitrogens is 2. The summed E-state index contributed by atoms with van der Waals surface area (Å²) in [7, 11) is 0. The first-order valence-electron chi connectivity index (χ1n) is 14.3. The number of rotatable bonds is 12. The molecule has 0 fully saturated rings. The molecule has 1 aromatic heterocycles. The van der Waals surface area contributed by atoms with Crippen molar-refractivity contribution >= 4 is 17.6 Å². The number of carbonyl (C=O) groups is 2. The minimum atomic E-state index is -1.28. The minimum Gasteiger partial charge on any atom is -0.494 e. The summed E-state index contributed by atoms with van der Waals surface area (Å²) in [6.45, 7) is 7.05. The van der Waals surface area contributed by atoms with Gasteiger partial charge in [0.15, 0.2) is 5.69 Å². The van der Waals surface area contributed by atoms with Gasteiger partial charge in [-0.05, 0) is 97.8 Å². The summed E-state index contributed by atoms with van der Waals surface area (Å²) in [6.07, 6.45) is 0. The van der Waals surface area contributed by atoms with Gasteiger partial charge in [-0.1, -0.05) is 32.0 Å². The summed E-state index contributed by atoms with van der Waals surface area (Å²) in [5, 5.41) is 17.4. The van der Waals surface area contributed by atoms with E-state index in [1.54, 1.807) is 72.8 Å². The topological polar surface area (TPSA) is 112 Å². The Morgan fingerprint density at radius 2 is 1.39 bits per heavy atom. The third kappa shape index (κ3) is 7.07. The maximum Gasteiger partial charge on any atom is 0.358 e. The minimum absolute atomic E-state index is 0.0661. The van der Waals surface area contributed by atoms with Gasteiger partial charge in [0.2, 0.25) is 0 Å². The first kappa shape index (κ1) is 29.9. The van der Waals surface area contributed by atoms with Crippen molar-refractivity contribution < 1.29 is 28.9 Å². The summed E-state index contributed by atoms with van der Waals surface area (Å²) in [5.41, 5.74) is 1.70. The molecule has 0 saturated carbocycles. The van der Waals surface area contributed by atoms with Crippen LogP contribution in [0.15, 0.2) is 103 Å². The number of para-hydroxylation sites is 1. The summed E-state index contributed by atoms with van der Waals surface area (Å²) in [6, 6.07) is 30.3. The summed E-state index contributed by atoms with van der Waals surface area (Å²) < 4.78 is 18.8. The summed E-state index contributed by atoms with van der Waals surface area (Å²) in [4.78, 5) is 25.9. The van der Waals surface area contributed by atoms with E-state index >= 15 is 0 Å². The zero-order valence-corrected chi connectivity index (χ0v) is 24.7. The van der Waals surface area contributed by atoms with E-state index in [2.05, 4.69) is 24.3 Å². The van der Waals surface area contributed by atoms with E-state index in [0.717, 1.165) is 0 Å². The van der Waals surface area contributed by atoms with Crippen LogP contribution >= 0.6 is 0 Å². The molecule has 0 spiro atoms. The van der Waals surface area contributed by atoms with Gasteiger partial charge in [-0.15, -0.1) is 0 Å². The number of carboxylic acid groups (broad SMARTS) is 1. The molecular formula is C35H33N3O6. The largest absolute Gasteiger partial charge is 0.494 e. The van der Waals surface area contributed by atoms with E-state index in [1.165, 1.54) is 4.68 Å². The molecule has 0 aliphatic carbocycles. The number of nitrogens with one attached hydrogen (secondary N) is 1. The second kappa shape index (κ2) is 13.6. The lowest BCUT2D eigenvalue weighted by atomic mass is 10.1. The predicted molar refractivity (Wildman–Crippen MR) is 168 cm³/mol. The molecule has 44 heavy (non-hydrogen) atoms. The average molecular weight is 592 g/mol. The molecule has 0 unspecified atom stereocenters. The molecule has 9 heteroatoms. The molecule has 0 saturated heterocycles. The van der Waals surface area contributed by atoms with Gasteiger partial charge >= 0.3 is 5.97 Å². The van der Waals surface area contributed by atoms with Gasteiger partial charge < -0.3 is 24.6 Å². The van der Waals surface area contributed by atoms with Gasteiger partial charge in [0.1, 0.15) is 28.7 Å². The van der Waals surface area contributed by atoms with E-state index in [-0.39, 0.29) is 11.4 Å². The number of hydrogen-bond donors (Lipinski definition) is 2. The molecule has 5 aromatic rings. The molecule has 0 radical (unpaired) electrons. The van der Waals surface area contributed by atoms with E-state index in [1.807, 2.05) is 37.3 Å². The van der Waals surface area contributed by atoms with Crippen LogP contribution in [0.5, 0.6) is 23.0 Å². The van der Waals surface area contributed by atoms with Gasteiger partial charge in [0.05, 0.1) is 24.6 Å². The van der Waals surface area contributed by atoms with Gasteiger partial charge in [0.25, 0.3) is 5.91 Å². The van der Waals surface area contributed by atoms with E-state index in [9.17, 15) is 14.7 Å². The SMILES string of the molecule is CCOc1ccc(-c2c(NC(=O)c3ccc(OCC(C)C)cc3)c(C(=O)O)nn2-c2ccc(Oc3ccccc3)cc2)cc1. The Kier molecular flexibility index (Phi) is 9.25. The van der Waals surface area contributed by atoms with Crippen LogP contribution in [0.1, 0.15) is 41.6 Å². The Hall–Kier alpha value is -5.57. The summed E-state index contributed by atoms with van der Waals surface area (Å²) >= 11 is 0. The number of benzene rings is 4. The molecule has 1 amide bonds. The standard InChI is InChI=1S/C35H33N3O6/c1-4-42-27-16-10-24(11-17-27)33-31(36-34(39)25-12-18-28(19-13-25)43-22-23(2)3)32(35(40)41)37-38(33)26-14-20-30(21-15-26)44-29-8-6-5-7-9-29/h5-21,23H,4,22H2,1-3H3,(H,36,39)(H,40,41). The van der Waals surface area contributed by atoms with Gasteiger partial charge in [-0.25, -0.2) is 9.48 Å². The fraction of sp³-hybridized carbons (Fsp3) is 0.171. The average Bonchev–Trinajstić information content (AvgIpc) is 3.41. The zero-order valence-electron chi connectivity index (χ0n) is 24.7. The number of carboxylic acids is 1.